The molecule has 654 valence electrons. The van der Waals surface area contributed by atoms with E-state index in [2.05, 4.69) is 111 Å². The molecule has 8 fully saturated rings. The molecule has 9 aliphatic rings. The quantitative estimate of drug-likeness (QED) is 0.0402. The number of imidazole rings is 4. The van der Waals surface area contributed by atoms with Crippen molar-refractivity contribution in [3.8, 4) is 23.5 Å². The van der Waals surface area contributed by atoms with Crippen molar-refractivity contribution in [3.05, 3.63) is 175 Å². The number of likely N-dealkylation sites (tertiary alicyclic amines) is 4. The molecule has 125 heavy (non-hydrogen) atoms. The minimum atomic E-state index is -0.0669. The monoisotopic (exact) mass is 1700 g/mol. The standard InChI is InChI=1S/C23H29N7O3.2C21H25N7O3.C21H25N7O2/c1-6-19(31)28-7-14-15(8-28)16(14)9-29-11-17(25-18-10-27(4)26-22(18)33-5)20-21(23(29)32)30(12-24-20)13(2)3;2*1-5-17(29)27-6-12-13(7-27)14(12)8-28-10-15(18-19(21(28)30)25(2)11-22-18)23-16-9-26(3)24-20(16)31-4;1-5-18(29)28-7-14-13(15(14)8-28)6-27-10-16(20-19(12(27)2)22-11-23-20)24-17-9-26(3)25-21(17)30-4/h6,10-16,25H,1,7-9H2,2-5H3;2*5,9-14,23H,1,6-8H2,2-4H3;5,9-11,13-15,24H,1-2,6-8H2,3-4H3,(H,22,23). The van der Waals surface area contributed by atoms with Crippen LogP contribution in [-0.4, -0.2) is 227 Å². The summed E-state index contributed by atoms with van der Waals surface area (Å²) in [6.45, 7) is 31.4. The molecule has 0 aromatic carbocycles. The van der Waals surface area contributed by atoms with Crippen molar-refractivity contribution in [3.63, 3.8) is 0 Å². The highest BCUT2D eigenvalue weighted by atomic mass is 16.5. The third-order valence-electron chi connectivity index (χ3n) is 26.1. The normalized spacial score (nSPS) is 22.4. The smallest absolute Gasteiger partial charge is 0.276 e. The SMILES string of the molecule is C=CC(=O)N1CC2C(C1)C2Cn1cc(Nc2cn(C)nc2OC)c2ncn(C(C)C)c2c1=O.C=CC(=O)N1CC2C(C1)C2Cn1cc(Nc2cn(C)nc2OC)c2ncn(C)c2c1=O.C=CC(=O)N1CC2C(C1)C2Cn1cc(Nc2cn(C)nc2OC)c2ncn(C)c2c1=O.C=CC(=O)N1CC2C(CN3C=C(Nc4cn(C)nc4OC)c4nc[nH]c4C3=C)C2C1. The lowest BCUT2D eigenvalue weighted by Crippen LogP contribution is -2.32. The Kier molecular flexibility index (Phi) is 21.9. The predicted octanol–water partition coefficient (Wildman–Crippen LogP) is 6.12. The molecule has 4 saturated carbocycles. The number of nitrogens with one attached hydrogen (secondary N) is 5. The third kappa shape index (κ3) is 15.5. The Balaban J connectivity index is 0.000000118. The van der Waals surface area contributed by atoms with Crippen LogP contribution in [0.4, 0.5) is 39.8 Å². The molecule has 11 aromatic rings. The molecule has 0 radical (unpaired) electrons. The summed E-state index contributed by atoms with van der Waals surface area (Å²) in [5.74, 6) is 7.32. The molecule has 5 aliphatic heterocycles. The van der Waals surface area contributed by atoms with Crippen LogP contribution in [0.25, 0.3) is 44.5 Å². The van der Waals surface area contributed by atoms with Crippen molar-refractivity contribution in [1.29, 1.82) is 0 Å². The maximum atomic E-state index is 13.5. The Hall–Kier alpha value is -14.2. The summed E-state index contributed by atoms with van der Waals surface area (Å²) in [7, 11) is 17.3. The molecule has 8 unspecified atom stereocenters. The maximum Gasteiger partial charge on any atom is 0.276 e. The van der Waals surface area contributed by atoms with Gasteiger partial charge in [-0.05, 0) is 109 Å². The molecular formula is C86H104N28O11. The molecule has 8 atom stereocenters. The highest BCUT2D eigenvalue weighted by Gasteiger charge is 2.59. The third-order valence-corrected chi connectivity index (χ3v) is 26.1. The fraction of sp³-hybridized carbons (Fsp3) is 0.430. The zero-order valence-electron chi connectivity index (χ0n) is 72.0. The van der Waals surface area contributed by atoms with Gasteiger partial charge in [-0.1, -0.05) is 32.9 Å². The topological polar surface area (TPSA) is 389 Å². The molecule has 0 bridgehead atoms. The number of aromatic nitrogens is 19. The number of nitrogens with zero attached hydrogens (tertiary/aromatic N) is 23. The number of H-pyrrole nitrogens is 1. The van der Waals surface area contributed by atoms with Crippen molar-refractivity contribution in [2.75, 3.05) is 109 Å². The van der Waals surface area contributed by atoms with E-state index in [1.807, 2.05) is 124 Å². The van der Waals surface area contributed by atoms with Crippen LogP contribution < -0.4 is 56.9 Å². The number of carbonyl (C=O) groups excluding carboxylic acids is 4. The Morgan fingerprint density at radius 2 is 0.736 bits per heavy atom. The number of carbonyl (C=O) groups is 4. The average Bonchev–Trinajstić information content (AvgIpc) is 1.58. The molecule has 0 spiro atoms. The molecule has 5 N–H and O–H groups in total. The summed E-state index contributed by atoms with van der Waals surface area (Å²) >= 11 is 0. The molecule has 4 aliphatic carbocycles. The highest BCUT2D eigenvalue weighted by molar-refractivity contribution is 5.94. The molecule has 39 nitrogen and oxygen atoms in total. The summed E-state index contributed by atoms with van der Waals surface area (Å²) in [5.41, 5.74) is 11.8. The largest absolute Gasteiger partial charge is 0.478 e. The zero-order chi connectivity index (χ0) is 88.2. The lowest BCUT2D eigenvalue weighted by atomic mass is 10.1. The van der Waals surface area contributed by atoms with Gasteiger partial charge in [-0.3, -0.25) is 52.3 Å². The first-order valence-electron chi connectivity index (χ1n) is 41.6. The highest BCUT2D eigenvalue weighted by Crippen LogP contribution is 2.56. The Morgan fingerprint density at radius 1 is 0.432 bits per heavy atom. The van der Waals surface area contributed by atoms with Crippen LogP contribution in [0.5, 0.6) is 23.5 Å². The van der Waals surface area contributed by atoms with Crippen molar-refractivity contribution in [2.45, 2.75) is 39.5 Å². The molecule has 4 amide bonds. The molecule has 39 heteroatoms. The van der Waals surface area contributed by atoms with Gasteiger partial charge in [0.2, 0.25) is 23.6 Å². The van der Waals surface area contributed by atoms with E-state index in [-0.39, 0.29) is 46.3 Å². The summed E-state index contributed by atoms with van der Waals surface area (Å²) in [5, 5.41) is 30.6. The van der Waals surface area contributed by atoms with E-state index in [1.165, 1.54) is 24.3 Å². The number of hydrogen-bond donors (Lipinski definition) is 5. The number of aryl methyl sites for hydroxylation is 6. The van der Waals surface area contributed by atoms with Gasteiger partial charge in [-0.2, -0.15) is 0 Å². The number of methoxy groups -OCH3 is 4. The first-order valence-corrected chi connectivity index (χ1v) is 41.6. The summed E-state index contributed by atoms with van der Waals surface area (Å²) < 4.78 is 38.9. The van der Waals surface area contributed by atoms with Gasteiger partial charge < -0.3 is 97.1 Å². The van der Waals surface area contributed by atoms with E-state index < -0.39 is 0 Å². The number of amides is 4. The summed E-state index contributed by atoms with van der Waals surface area (Å²) in [6.07, 6.45) is 27.1. The van der Waals surface area contributed by atoms with E-state index in [4.69, 9.17) is 18.9 Å². The van der Waals surface area contributed by atoms with Gasteiger partial charge in [0.25, 0.3) is 40.2 Å². The van der Waals surface area contributed by atoms with Crippen LogP contribution in [-0.2, 0) is 81.1 Å². The lowest BCUT2D eigenvalue weighted by molar-refractivity contribution is -0.126. The molecule has 11 aromatic heterocycles. The van der Waals surface area contributed by atoms with Crippen LogP contribution in [0.2, 0.25) is 0 Å². The first kappa shape index (κ1) is 83.1. The minimum absolute atomic E-state index is 0.0164. The van der Waals surface area contributed by atoms with Crippen LogP contribution in [0.15, 0.2) is 146 Å². The second-order valence-corrected chi connectivity index (χ2v) is 34.0. The van der Waals surface area contributed by atoms with Crippen molar-refractivity contribution >= 4 is 108 Å². The van der Waals surface area contributed by atoms with Gasteiger partial charge in [-0.15, -0.1) is 20.4 Å². The Bertz CT molecular complexity index is 6140. The Labute approximate surface area is 718 Å². The van der Waals surface area contributed by atoms with Gasteiger partial charge in [0.15, 0.2) is 0 Å². The van der Waals surface area contributed by atoms with Crippen LogP contribution in [0, 0.1) is 71.0 Å². The summed E-state index contributed by atoms with van der Waals surface area (Å²) in [6, 6.07) is 0.0955. The van der Waals surface area contributed by atoms with Gasteiger partial charge in [0.05, 0.1) is 113 Å². The van der Waals surface area contributed by atoms with Gasteiger partial charge in [0.1, 0.15) is 61.5 Å². The minimum Gasteiger partial charge on any atom is -0.478 e. The van der Waals surface area contributed by atoms with E-state index in [0.29, 0.717) is 164 Å². The van der Waals surface area contributed by atoms with Crippen molar-refractivity contribution in [2.24, 2.45) is 113 Å². The number of anilines is 7. The number of rotatable bonds is 25. The fourth-order valence-corrected chi connectivity index (χ4v) is 19.5. The Morgan fingerprint density at radius 3 is 1.06 bits per heavy atom. The fourth-order valence-electron chi connectivity index (χ4n) is 19.5. The molecular weight excluding hydrogens is 1600 g/mol. The predicted molar refractivity (Wildman–Crippen MR) is 468 cm³/mol. The second-order valence-electron chi connectivity index (χ2n) is 34.0. The van der Waals surface area contributed by atoms with E-state index in [9.17, 15) is 33.6 Å². The van der Waals surface area contributed by atoms with E-state index in [0.717, 1.165) is 104 Å². The second kappa shape index (κ2) is 32.9. The number of piperidine rings is 4. The number of ether oxygens (including phenoxy) is 4. The van der Waals surface area contributed by atoms with E-state index >= 15 is 0 Å². The molecule has 4 saturated heterocycles. The van der Waals surface area contributed by atoms with Crippen LogP contribution in [0.1, 0.15) is 31.3 Å². The number of fused-ring (bicyclic) bond motifs is 8. The van der Waals surface area contributed by atoms with Crippen molar-refractivity contribution < 1.29 is 38.1 Å². The van der Waals surface area contributed by atoms with Gasteiger partial charge in [-0.25, -0.2) is 19.9 Å². The molecule has 16 heterocycles. The number of aromatic amines is 1. The number of pyridine rings is 3. The van der Waals surface area contributed by atoms with Crippen LogP contribution >= 0.6 is 0 Å². The van der Waals surface area contributed by atoms with E-state index in [1.54, 1.807) is 95.3 Å². The lowest BCUT2D eigenvalue weighted by Gasteiger charge is -2.29. The molecule has 20 rings (SSSR count). The van der Waals surface area contributed by atoms with Gasteiger partial charge >= 0.3 is 0 Å². The number of hydrogen-bond acceptors (Lipinski definition) is 24. The average molecular weight is 1710 g/mol. The first-order chi connectivity index (χ1) is 60.1. The maximum absolute atomic E-state index is 13.5. The van der Waals surface area contributed by atoms with Crippen molar-refractivity contribution in [1.82, 2.24) is 116 Å². The zero-order valence-corrected chi connectivity index (χ0v) is 72.0. The summed E-state index contributed by atoms with van der Waals surface area (Å²) in [4.78, 5) is 118. The van der Waals surface area contributed by atoms with Crippen LogP contribution in [0.3, 0.4) is 0 Å². The van der Waals surface area contributed by atoms with Gasteiger partial charge in [0, 0.05) is 152 Å².